The van der Waals surface area contributed by atoms with E-state index in [2.05, 4.69) is 10.4 Å². The van der Waals surface area contributed by atoms with Gasteiger partial charge in [0.2, 0.25) is 0 Å². The van der Waals surface area contributed by atoms with Crippen molar-refractivity contribution in [3.05, 3.63) is 42.2 Å². The van der Waals surface area contributed by atoms with Crippen LogP contribution in [0.25, 0.3) is 0 Å². The first kappa shape index (κ1) is 11.2. The molecule has 0 aliphatic rings. The lowest BCUT2D eigenvalue weighted by Crippen LogP contribution is -2.11. The molecule has 5 heteroatoms. The van der Waals surface area contributed by atoms with E-state index in [0.29, 0.717) is 17.0 Å². The van der Waals surface area contributed by atoms with Gasteiger partial charge in [-0.25, -0.2) is 0 Å². The summed E-state index contributed by atoms with van der Waals surface area (Å²) in [6.45, 7) is 0. The van der Waals surface area contributed by atoms with Crippen LogP contribution in [-0.2, 0) is 7.05 Å². The highest BCUT2D eigenvalue weighted by molar-refractivity contribution is 6.03. The molecule has 0 saturated carbocycles. The second-order valence-electron chi connectivity index (χ2n) is 3.59. The minimum absolute atomic E-state index is 0.189. The highest BCUT2D eigenvalue weighted by atomic mass is 16.5. The number of anilines is 1. The smallest absolute Gasteiger partial charge is 0.258 e. The van der Waals surface area contributed by atoms with Gasteiger partial charge < -0.3 is 10.1 Å². The number of carbonyl (C=O) groups excluding carboxylic acids is 1. The van der Waals surface area contributed by atoms with Gasteiger partial charge in [-0.1, -0.05) is 6.07 Å². The van der Waals surface area contributed by atoms with Crippen molar-refractivity contribution in [3.63, 3.8) is 0 Å². The molecule has 0 spiro atoms. The van der Waals surface area contributed by atoms with Gasteiger partial charge in [-0.3, -0.25) is 9.48 Å². The predicted octanol–water partition coefficient (Wildman–Crippen LogP) is 1.68. The Kier molecular flexibility index (Phi) is 3.09. The Hall–Kier alpha value is -2.30. The number of rotatable bonds is 3. The lowest BCUT2D eigenvalue weighted by atomic mass is 10.2. The summed E-state index contributed by atoms with van der Waals surface area (Å²) < 4.78 is 6.66. The Bertz CT molecular complexity index is 534. The number of benzene rings is 1. The summed E-state index contributed by atoms with van der Waals surface area (Å²) in [5.41, 5.74) is 1.22. The number of aromatic nitrogens is 2. The van der Waals surface area contributed by atoms with E-state index in [1.165, 1.54) is 6.20 Å². The normalized spacial score (nSPS) is 10.0. The molecule has 0 aliphatic heterocycles. The van der Waals surface area contributed by atoms with Crippen LogP contribution in [0.2, 0.25) is 0 Å². The number of amides is 1. The molecule has 0 radical (unpaired) electrons. The number of nitrogens with one attached hydrogen (secondary N) is 1. The minimum atomic E-state index is -0.189. The second kappa shape index (κ2) is 4.69. The molecule has 2 aromatic rings. The van der Waals surface area contributed by atoms with Gasteiger partial charge in [0.1, 0.15) is 5.75 Å². The monoisotopic (exact) mass is 231 g/mol. The summed E-state index contributed by atoms with van der Waals surface area (Å²) in [4.78, 5) is 11.8. The van der Waals surface area contributed by atoms with Gasteiger partial charge in [0.05, 0.1) is 18.9 Å². The van der Waals surface area contributed by atoms with Gasteiger partial charge in [-0.05, 0) is 12.1 Å². The van der Waals surface area contributed by atoms with Gasteiger partial charge in [0, 0.05) is 25.0 Å². The molecular formula is C12H13N3O2. The van der Waals surface area contributed by atoms with Crippen molar-refractivity contribution >= 4 is 11.6 Å². The quantitative estimate of drug-likeness (QED) is 0.874. The molecule has 0 bridgehead atoms. The third kappa shape index (κ3) is 2.63. The van der Waals surface area contributed by atoms with Gasteiger partial charge in [-0.2, -0.15) is 5.10 Å². The van der Waals surface area contributed by atoms with E-state index in [-0.39, 0.29) is 5.91 Å². The molecule has 0 atom stereocenters. The Labute approximate surface area is 99.0 Å². The van der Waals surface area contributed by atoms with Crippen LogP contribution in [-0.4, -0.2) is 22.8 Å². The molecule has 0 aliphatic carbocycles. The molecule has 88 valence electrons. The zero-order chi connectivity index (χ0) is 12.3. The molecule has 5 nitrogen and oxygen atoms in total. The molecule has 1 amide bonds. The number of aryl methyl sites for hydroxylation is 1. The summed E-state index contributed by atoms with van der Waals surface area (Å²) in [6.07, 6.45) is 3.19. The van der Waals surface area contributed by atoms with Crippen LogP contribution in [0.15, 0.2) is 36.7 Å². The van der Waals surface area contributed by atoms with E-state index >= 15 is 0 Å². The van der Waals surface area contributed by atoms with Crippen LogP contribution < -0.4 is 10.1 Å². The molecule has 17 heavy (non-hydrogen) atoms. The van der Waals surface area contributed by atoms with E-state index in [1.807, 2.05) is 12.1 Å². The standard InChI is InChI=1S/C12H13N3O2/c1-15-8-9(7-13-15)12(16)14-10-4-3-5-11(6-10)17-2/h3-8H,1-2H3,(H,14,16). The van der Waals surface area contributed by atoms with Gasteiger partial charge in [-0.15, -0.1) is 0 Å². The van der Waals surface area contributed by atoms with Crippen LogP contribution in [0.5, 0.6) is 5.75 Å². The maximum Gasteiger partial charge on any atom is 0.258 e. The number of carbonyl (C=O) groups is 1. The zero-order valence-electron chi connectivity index (χ0n) is 9.68. The van der Waals surface area contributed by atoms with Crippen LogP contribution >= 0.6 is 0 Å². The van der Waals surface area contributed by atoms with Gasteiger partial charge in [0.25, 0.3) is 5.91 Å². The molecule has 0 saturated heterocycles. The van der Waals surface area contributed by atoms with E-state index in [9.17, 15) is 4.79 Å². The van der Waals surface area contributed by atoms with E-state index < -0.39 is 0 Å². The van der Waals surface area contributed by atoms with Crippen molar-refractivity contribution in [1.82, 2.24) is 9.78 Å². The van der Waals surface area contributed by atoms with Gasteiger partial charge in [0.15, 0.2) is 0 Å². The highest BCUT2D eigenvalue weighted by Crippen LogP contribution is 2.17. The van der Waals surface area contributed by atoms with Crippen molar-refractivity contribution in [2.45, 2.75) is 0 Å². The third-order valence-electron chi connectivity index (χ3n) is 2.29. The summed E-state index contributed by atoms with van der Waals surface area (Å²) in [6, 6.07) is 7.20. The van der Waals surface area contributed by atoms with Gasteiger partial charge >= 0.3 is 0 Å². The fraction of sp³-hybridized carbons (Fsp3) is 0.167. The summed E-state index contributed by atoms with van der Waals surface area (Å²) in [7, 11) is 3.35. The van der Waals surface area contributed by atoms with Crippen molar-refractivity contribution in [1.29, 1.82) is 0 Å². The second-order valence-corrected chi connectivity index (χ2v) is 3.59. The molecule has 1 aromatic heterocycles. The van der Waals surface area contributed by atoms with E-state index in [4.69, 9.17) is 4.74 Å². The fourth-order valence-corrected chi connectivity index (χ4v) is 1.44. The van der Waals surface area contributed by atoms with Crippen LogP contribution in [0.3, 0.4) is 0 Å². The van der Waals surface area contributed by atoms with Crippen molar-refractivity contribution in [2.75, 3.05) is 12.4 Å². The molecule has 0 fully saturated rings. The fourth-order valence-electron chi connectivity index (χ4n) is 1.44. The number of nitrogens with zero attached hydrogens (tertiary/aromatic N) is 2. The number of hydrogen-bond donors (Lipinski definition) is 1. The highest BCUT2D eigenvalue weighted by Gasteiger charge is 2.08. The summed E-state index contributed by atoms with van der Waals surface area (Å²) in [5.74, 6) is 0.514. The molecule has 2 rings (SSSR count). The Balaban J connectivity index is 2.12. The van der Waals surface area contributed by atoms with Crippen molar-refractivity contribution < 1.29 is 9.53 Å². The topological polar surface area (TPSA) is 56.1 Å². The maximum absolute atomic E-state index is 11.8. The Morgan fingerprint density at radius 2 is 2.29 bits per heavy atom. The predicted molar refractivity (Wildman–Crippen MR) is 64.2 cm³/mol. The summed E-state index contributed by atoms with van der Waals surface area (Å²) >= 11 is 0. The first-order chi connectivity index (χ1) is 8.19. The van der Waals surface area contributed by atoms with Crippen LogP contribution in [0.4, 0.5) is 5.69 Å². The summed E-state index contributed by atoms with van der Waals surface area (Å²) in [5, 5.41) is 6.72. The number of methoxy groups -OCH3 is 1. The van der Waals surface area contributed by atoms with E-state index in [0.717, 1.165) is 0 Å². The minimum Gasteiger partial charge on any atom is -0.497 e. The first-order valence-corrected chi connectivity index (χ1v) is 5.13. The van der Waals surface area contributed by atoms with E-state index in [1.54, 1.807) is 37.2 Å². The van der Waals surface area contributed by atoms with Crippen molar-refractivity contribution in [2.24, 2.45) is 7.05 Å². The molecular weight excluding hydrogens is 218 g/mol. The maximum atomic E-state index is 11.8. The number of ether oxygens (including phenoxy) is 1. The molecule has 1 N–H and O–H groups in total. The average Bonchev–Trinajstić information content (AvgIpc) is 2.76. The zero-order valence-corrected chi connectivity index (χ0v) is 9.68. The Morgan fingerprint density at radius 1 is 1.47 bits per heavy atom. The van der Waals surface area contributed by atoms with Crippen LogP contribution in [0.1, 0.15) is 10.4 Å². The molecule has 0 unspecified atom stereocenters. The Morgan fingerprint density at radius 3 is 2.94 bits per heavy atom. The third-order valence-corrected chi connectivity index (χ3v) is 2.29. The largest absolute Gasteiger partial charge is 0.497 e. The molecule has 1 heterocycles. The van der Waals surface area contributed by atoms with Crippen molar-refractivity contribution in [3.8, 4) is 5.75 Å². The van der Waals surface area contributed by atoms with Crippen LogP contribution in [0, 0.1) is 0 Å². The lowest BCUT2D eigenvalue weighted by molar-refractivity contribution is 0.102. The molecule has 1 aromatic carbocycles. The average molecular weight is 231 g/mol. The lowest BCUT2D eigenvalue weighted by Gasteiger charge is -2.05. The first-order valence-electron chi connectivity index (χ1n) is 5.13. The number of hydrogen-bond acceptors (Lipinski definition) is 3. The SMILES string of the molecule is COc1cccc(NC(=O)c2cnn(C)c2)c1.